The minimum Gasteiger partial charge on any atom is -0.507 e. The predicted octanol–water partition coefficient (Wildman–Crippen LogP) is 5.05. The van der Waals surface area contributed by atoms with Crippen LogP contribution in [0.5, 0.6) is 17.2 Å². The lowest BCUT2D eigenvalue weighted by molar-refractivity contribution is -0.140. The number of aliphatic hydroxyl groups excluding tert-OH is 1. The molecular formula is C31H33NO7. The number of nitrogens with zero attached hydrogens (tertiary/aromatic N) is 1. The zero-order valence-corrected chi connectivity index (χ0v) is 22.6. The summed E-state index contributed by atoms with van der Waals surface area (Å²) in [5.74, 6) is -0.0965. The Bertz CT molecular complexity index is 1360. The van der Waals surface area contributed by atoms with Gasteiger partial charge in [-0.05, 0) is 66.4 Å². The number of Topliss-reactive ketones (excluding diaryl/α,β-unsaturated/α-hetero) is 1. The van der Waals surface area contributed by atoms with Gasteiger partial charge in [0.05, 0.1) is 25.8 Å². The fourth-order valence-electron chi connectivity index (χ4n) is 4.66. The predicted molar refractivity (Wildman–Crippen MR) is 147 cm³/mol. The third-order valence-corrected chi connectivity index (χ3v) is 6.79. The molecule has 1 aliphatic rings. The molecule has 8 nitrogen and oxygen atoms in total. The average Bonchev–Trinajstić information content (AvgIpc) is 3.21. The number of amides is 1. The third kappa shape index (κ3) is 5.91. The number of aliphatic hydroxyl groups is 1. The lowest BCUT2D eigenvalue weighted by atomic mass is 9.95. The first kappa shape index (κ1) is 27.7. The number of ketones is 1. The number of hydrogen-bond acceptors (Lipinski definition) is 7. The normalized spacial score (nSPS) is 16.4. The van der Waals surface area contributed by atoms with Crippen molar-refractivity contribution in [3.8, 4) is 17.2 Å². The van der Waals surface area contributed by atoms with E-state index in [1.807, 2.05) is 31.2 Å². The molecule has 39 heavy (non-hydrogen) atoms. The van der Waals surface area contributed by atoms with Crippen molar-refractivity contribution in [2.24, 2.45) is 0 Å². The Morgan fingerprint density at radius 1 is 0.923 bits per heavy atom. The number of carbonyl (C=O) groups excluding carboxylic acids is 2. The SMILES string of the molecule is COCCCN1C(=O)C(=O)C(=C(O)c2ccc(OCc3ccccc3C)cc2)[C@@H]1c1ccc(OC)c(OC)c1. The minimum absolute atomic E-state index is 0.0122. The van der Waals surface area contributed by atoms with E-state index in [1.54, 1.807) is 49.6 Å². The van der Waals surface area contributed by atoms with Crippen LogP contribution in [-0.4, -0.2) is 56.2 Å². The second kappa shape index (κ2) is 12.5. The molecule has 0 aliphatic carbocycles. The average molecular weight is 532 g/mol. The van der Waals surface area contributed by atoms with Crippen molar-refractivity contribution >= 4 is 17.4 Å². The summed E-state index contributed by atoms with van der Waals surface area (Å²) in [7, 11) is 4.62. The lowest BCUT2D eigenvalue weighted by Gasteiger charge is -2.26. The number of aryl methyl sites for hydroxylation is 1. The molecule has 0 spiro atoms. The molecule has 0 aromatic heterocycles. The Labute approximate surface area is 228 Å². The quantitative estimate of drug-likeness (QED) is 0.160. The van der Waals surface area contributed by atoms with Gasteiger partial charge in [0, 0.05) is 25.8 Å². The lowest BCUT2D eigenvalue weighted by Crippen LogP contribution is -2.31. The van der Waals surface area contributed by atoms with Crippen LogP contribution >= 0.6 is 0 Å². The van der Waals surface area contributed by atoms with E-state index in [9.17, 15) is 14.7 Å². The van der Waals surface area contributed by atoms with Crippen molar-refractivity contribution in [2.45, 2.75) is 26.0 Å². The summed E-state index contributed by atoms with van der Waals surface area (Å²) in [5.41, 5.74) is 3.24. The monoisotopic (exact) mass is 531 g/mol. The summed E-state index contributed by atoms with van der Waals surface area (Å²) in [4.78, 5) is 27.9. The molecule has 1 aliphatic heterocycles. The maximum absolute atomic E-state index is 13.3. The van der Waals surface area contributed by atoms with Crippen molar-refractivity contribution in [2.75, 3.05) is 34.5 Å². The largest absolute Gasteiger partial charge is 0.507 e. The number of ether oxygens (including phenoxy) is 4. The smallest absolute Gasteiger partial charge is 0.295 e. The Morgan fingerprint density at radius 2 is 1.64 bits per heavy atom. The van der Waals surface area contributed by atoms with Crippen molar-refractivity contribution in [1.82, 2.24) is 4.90 Å². The van der Waals surface area contributed by atoms with Crippen LogP contribution < -0.4 is 14.2 Å². The molecule has 3 aromatic rings. The summed E-state index contributed by atoms with van der Waals surface area (Å²) < 4.78 is 21.9. The number of methoxy groups -OCH3 is 3. The second-order valence-electron chi connectivity index (χ2n) is 9.19. The van der Waals surface area contributed by atoms with Gasteiger partial charge in [-0.25, -0.2) is 0 Å². The van der Waals surface area contributed by atoms with Gasteiger partial charge < -0.3 is 29.0 Å². The van der Waals surface area contributed by atoms with E-state index >= 15 is 0 Å². The van der Waals surface area contributed by atoms with Gasteiger partial charge in [0.25, 0.3) is 11.7 Å². The third-order valence-electron chi connectivity index (χ3n) is 6.79. The Morgan fingerprint density at radius 3 is 2.31 bits per heavy atom. The molecule has 1 fully saturated rings. The van der Waals surface area contributed by atoms with Crippen LogP contribution in [0.3, 0.4) is 0 Å². The number of carbonyl (C=O) groups is 2. The first-order valence-corrected chi connectivity index (χ1v) is 12.7. The van der Waals surface area contributed by atoms with E-state index in [4.69, 9.17) is 18.9 Å². The second-order valence-corrected chi connectivity index (χ2v) is 9.19. The molecule has 204 valence electrons. The first-order chi connectivity index (χ1) is 18.9. The van der Waals surface area contributed by atoms with Crippen LogP contribution in [0.15, 0.2) is 72.3 Å². The first-order valence-electron chi connectivity index (χ1n) is 12.7. The van der Waals surface area contributed by atoms with Crippen molar-refractivity contribution in [1.29, 1.82) is 0 Å². The number of hydrogen-bond donors (Lipinski definition) is 1. The Kier molecular flexibility index (Phi) is 8.88. The maximum atomic E-state index is 13.3. The summed E-state index contributed by atoms with van der Waals surface area (Å²) in [5, 5.41) is 11.4. The van der Waals surface area contributed by atoms with E-state index < -0.39 is 17.7 Å². The Hall–Kier alpha value is -4.30. The van der Waals surface area contributed by atoms with Crippen molar-refractivity contribution in [3.63, 3.8) is 0 Å². The summed E-state index contributed by atoms with van der Waals surface area (Å²) >= 11 is 0. The van der Waals surface area contributed by atoms with Gasteiger partial charge in [0.2, 0.25) is 0 Å². The van der Waals surface area contributed by atoms with Gasteiger partial charge in [-0.2, -0.15) is 0 Å². The van der Waals surface area contributed by atoms with Crippen LogP contribution in [0.2, 0.25) is 0 Å². The number of benzene rings is 3. The van der Waals surface area contributed by atoms with Gasteiger partial charge in [0.1, 0.15) is 18.1 Å². The van der Waals surface area contributed by atoms with Crippen LogP contribution in [0, 0.1) is 6.92 Å². The van der Waals surface area contributed by atoms with Gasteiger partial charge in [0.15, 0.2) is 11.5 Å². The molecule has 0 unspecified atom stereocenters. The zero-order chi connectivity index (χ0) is 27.9. The molecule has 8 heteroatoms. The maximum Gasteiger partial charge on any atom is 0.295 e. The van der Waals surface area contributed by atoms with E-state index in [0.29, 0.717) is 48.0 Å². The van der Waals surface area contributed by atoms with Crippen molar-refractivity contribution in [3.05, 3.63) is 94.6 Å². The molecule has 4 rings (SSSR count). The minimum atomic E-state index is -0.807. The summed E-state index contributed by atoms with van der Waals surface area (Å²) in [6, 6.07) is 19.2. The Balaban J connectivity index is 1.68. The van der Waals surface area contributed by atoms with Crippen molar-refractivity contribution < 1.29 is 33.6 Å². The van der Waals surface area contributed by atoms with E-state index in [2.05, 4.69) is 0 Å². The highest BCUT2D eigenvalue weighted by Crippen LogP contribution is 2.42. The highest BCUT2D eigenvalue weighted by molar-refractivity contribution is 6.46. The van der Waals surface area contributed by atoms with E-state index in [0.717, 1.165) is 11.1 Å². The highest BCUT2D eigenvalue weighted by Gasteiger charge is 2.46. The van der Waals surface area contributed by atoms with Crippen LogP contribution in [0.4, 0.5) is 0 Å². The molecule has 1 saturated heterocycles. The van der Waals surface area contributed by atoms with E-state index in [-0.39, 0.29) is 17.9 Å². The summed E-state index contributed by atoms with van der Waals surface area (Å²) in [6.45, 7) is 3.13. The van der Waals surface area contributed by atoms with Gasteiger partial charge in [-0.15, -0.1) is 0 Å². The molecule has 1 amide bonds. The molecule has 0 radical (unpaired) electrons. The van der Waals surface area contributed by atoms with Crippen LogP contribution in [-0.2, 0) is 20.9 Å². The molecule has 0 saturated carbocycles. The molecule has 1 heterocycles. The summed E-state index contributed by atoms with van der Waals surface area (Å²) in [6.07, 6.45) is 0.528. The number of rotatable bonds is 11. The molecule has 1 N–H and O–H groups in total. The van der Waals surface area contributed by atoms with Gasteiger partial charge >= 0.3 is 0 Å². The highest BCUT2D eigenvalue weighted by atomic mass is 16.5. The molecular weight excluding hydrogens is 498 g/mol. The molecule has 3 aromatic carbocycles. The molecule has 1 atom stereocenters. The zero-order valence-electron chi connectivity index (χ0n) is 22.6. The standard InChI is InChI=1S/C31H33NO7/c1-20-8-5-6-9-23(20)19-39-24-13-10-21(11-14-24)29(33)27-28(22-12-15-25(37-3)26(18-22)38-4)32(16-7-17-36-2)31(35)30(27)34/h5-6,8-15,18,28,33H,7,16-17,19H2,1-4H3/t28-/m0/s1. The number of likely N-dealkylation sites (tertiary alicyclic amines) is 1. The topological polar surface area (TPSA) is 94.5 Å². The van der Waals surface area contributed by atoms with Gasteiger partial charge in [-0.1, -0.05) is 30.3 Å². The fourth-order valence-corrected chi connectivity index (χ4v) is 4.66. The van der Waals surface area contributed by atoms with Crippen LogP contribution in [0.25, 0.3) is 5.76 Å². The van der Waals surface area contributed by atoms with E-state index in [1.165, 1.54) is 19.1 Å². The molecule has 0 bridgehead atoms. The van der Waals surface area contributed by atoms with Crippen LogP contribution in [0.1, 0.15) is 34.7 Å². The van der Waals surface area contributed by atoms with Gasteiger partial charge in [-0.3, -0.25) is 9.59 Å². The fraction of sp³-hybridized carbons (Fsp3) is 0.290.